The molecule has 1 aromatic heterocycles. The van der Waals surface area contributed by atoms with Crippen molar-refractivity contribution >= 4 is 41.0 Å². The molecular formula is C15H13ClN2OS. The zero-order valence-corrected chi connectivity index (χ0v) is 12.4. The van der Waals surface area contributed by atoms with E-state index in [0.29, 0.717) is 10.7 Å². The van der Waals surface area contributed by atoms with Crippen LogP contribution in [0.2, 0.25) is 5.02 Å². The van der Waals surface area contributed by atoms with Gasteiger partial charge in [0, 0.05) is 11.1 Å². The molecule has 1 heterocycles. The number of benzene rings is 1. The van der Waals surface area contributed by atoms with Crippen molar-refractivity contribution in [3.63, 3.8) is 0 Å². The second-order valence-corrected chi connectivity index (χ2v) is 5.23. The van der Waals surface area contributed by atoms with Gasteiger partial charge in [0.15, 0.2) is 0 Å². The van der Waals surface area contributed by atoms with Crippen molar-refractivity contribution < 1.29 is 4.79 Å². The number of nitrogens with zero attached hydrogens (tertiary/aromatic N) is 1. The van der Waals surface area contributed by atoms with Crippen molar-refractivity contribution in [2.45, 2.75) is 5.03 Å². The van der Waals surface area contributed by atoms with Gasteiger partial charge in [-0.2, -0.15) is 0 Å². The number of amides is 1. The van der Waals surface area contributed by atoms with Crippen molar-refractivity contribution in [2.24, 2.45) is 0 Å². The van der Waals surface area contributed by atoms with E-state index in [0.717, 1.165) is 10.6 Å². The third-order valence-corrected chi connectivity index (χ3v) is 3.38. The number of pyridine rings is 1. The normalized spacial score (nSPS) is 10.7. The summed E-state index contributed by atoms with van der Waals surface area (Å²) in [5, 5.41) is 4.30. The number of carbonyl (C=O) groups is 1. The molecule has 0 atom stereocenters. The van der Waals surface area contributed by atoms with Crippen molar-refractivity contribution in [1.29, 1.82) is 0 Å². The molecule has 0 aliphatic rings. The van der Waals surface area contributed by atoms with Crippen LogP contribution in [0.5, 0.6) is 0 Å². The first-order chi connectivity index (χ1) is 9.67. The number of anilines is 1. The van der Waals surface area contributed by atoms with Gasteiger partial charge in [-0.1, -0.05) is 23.7 Å². The van der Waals surface area contributed by atoms with Gasteiger partial charge < -0.3 is 5.32 Å². The van der Waals surface area contributed by atoms with Gasteiger partial charge in [-0.05, 0) is 42.2 Å². The lowest BCUT2D eigenvalue weighted by Gasteiger charge is -2.02. The second-order valence-electron chi connectivity index (χ2n) is 3.97. The Morgan fingerprint density at radius 3 is 2.85 bits per heavy atom. The Hall–Kier alpha value is -1.78. The van der Waals surface area contributed by atoms with Gasteiger partial charge in [-0.3, -0.25) is 4.79 Å². The van der Waals surface area contributed by atoms with Gasteiger partial charge >= 0.3 is 0 Å². The topological polar surface area (TPSA) is 42.0 Å². The standard InChI is InChI=1S/C15H13ClN2OS/c1-20-15-8-6-13(10-17-15)18-14(19)7-5-11-3-2-4-12(16)9-11/h2-10H,1H3,(H,18,19)/b7-5+. The lowest BCUT2D eigenvalue weighted by molar-refractivity contribution is -0.111. The maximum Gasteiger partial charge on any atom is 0.248 e. The van der Waals surface area contributed by atoms with Gasteiger partial charge in [0.2, 0.25) is 5.91 Å². The van der Waals surface area contributed by atoms with Crippen molar-refractivity contribution in [3.05, 3.63) is 59.3 Å². The fourth-order valence-corrected chi connectivity index (χ4v) is 2.10. The van der Waals surface area contributed by atoms with E-state index < -0.39 is 0 Å². The van der Waals surface area contributed by atoms with Crippen LogP contribution in [0.15, 0.2) is 53.7 Å². The summed E-state index contributed by atoms with van der Waals surface area (Å²) in [4.78, 5) is 15.9. The van der Waals surface area contributed by atoms with Gasteiger partial charge in [0.05, 0.1) is 16.9 Å². The molecule has 0 aliphatic heterocycles. The lowest BCUT2D eigenvalue weighted by Crippen LogP contribution is -2.07. The third kappa shape index (κ3) is 4.40. The minimum atomic E-state index is -0.205. The summed E-state index contributed by atoms with van der Waals surface area (Å²) in [7, 11) is 0. The van der Waals surface area contributed by atoms with Crippen LogP contribution in [0.25, 0.3) is 6.08 Å². The summed E-state index contributed by atoms with van der Waals surface area (Å²) in [6.07, 6.45) is 6.77. The minimum absolute atomic E-state index is 0.205. The molecule has 2 aromatic rings. The molecule has 1 N–H and O–H groups in total. The van der Waals surface area contributed by atoms with E-state index in [-0.39, 0.29) is 5.91 Å². The van der Waals surface area contributed by atoms with Crippen molar-refractivity contribution in [2.75, 3.05) is 11.6 Å². The number of carbonyl (C=O) groups excluding carboxylic acids is 1. The first kappa shape index (κ1) is 14.6. The molecule has 0 bridgehead atoms. The van der Waals surface area contributed by atoms with E-state index in [1.807, 2.05) is 30.5 Å². The number of thioether (sulfide) groups is 1. The quantitative estimate of drug-likeness (QED) is 0.683. The predicted octanol–water partition coefficient (Wildman–Crippen LogP) is 4.11. The van der Waals surface area contributed by atoms with Crippen molar-refractivity contribution in [3.8, 4) is 0 Å². The summed E-state index contributed by atoms with van der Waals surface area (Å²) in [6.45, 7) is 0. The largest absolute Gasteiger partial charge is 0.321 e. The fraction of sp³-hybridized carbons (Fsp3) is 0.0667. The minimum Gasteiger partial charge on any atom is -0.321 e. The molecule has 0 fully saturated rings. The summed E-state index contributed by atoms with van der Waals surface area (Å²) in [6, 6.07) is 11.0. The van der Waals surface area contributed by atoms with E-state index in [1.54, 1.807) is 36.2 Å². The van der Waals surface area contributed by atoms with Crippen LogP contribution in [-0.4, -0.2) is 17.1 Å². The molecule has 102 valence electrons. The maximum atomic E-state index is 11.8. The van der Waals surface area contributed by atoms with Crippen molar-refractivity contribution in [1.82, 2.24) is 4.98 Å². The van der Waals surface area contributed by atoms with Gasteiger partial charge in [0.25, 0.3) is 0 Å². The molecule has 0 saturated carbocycles. The number of halogens is 1. The fourth-order valence-electron chi connectivity index (χ4n) is 1.54. The maximum absolute atomic E-state index is 11.8. The highest BCUT2D eigenvalue weighted by atomic mass is 35.5. The lowest BCUT2D eigenvalue weighted by atomic mass is 10.2. The van der Waals surface area contributed by atoms with E-state index in [1.165, 1.54) is 6.08 Å². The predicted molar refractivity (Wildman–Crippen MR) is 85.1 cm³/mol. The zero-order chi connectivity index (χ0) is 14.4. The molecule has 0 saturated heterocycles. The molecule has 0 spiro atoms. The summed E-state index contributed by atoms with van der Waals surface area (Å²) < 4.78 is 0. The number of aromatic nitrogens is 1. The Bertz CT molecular complexity index is 626. The first-order valence-corrected chi connectivity index (χ1v) is 7.52. The highest BCUT2D eigenvalue weighted by Gasteiger charge is 1.99. The molecule has 20 heavy (non-hydrogen) atoms. The average molecular weight is 305 g/mol. The Morgan fingerprint density at radius 2 is 2.20 bits per heavy atom. The van der Waals surface area contributed by atoms with Crippen LogP contribution in [-0.2, 0) is 4.79 Å². The first-order valence-electron chi connectivity index (χ1n) is 5.92. The van der Waals surface area contributed by atoms with E-state index in [4.69, 9.17) is 11.6 Å². The number of hydrogen-bond acceptors (Lipinski definition) is 3. The molecule has 5 heteroatoms. The van der Waals surface area contributed by atoms with Crippen LogP contribution < -0.4 is 5.32 Å². The summed E-state index contributed by atoms with van der Waals surface area (Å²) >= 11 is 7.43. The highest BCUT2D eigenvalue weighted by molar-refractivity contribution is 7.98. The molecule has 3 nitrogen and oxygen atoms in total. The molecule has 0 unspecified atom stereocenters. The molecule has 1 aromatic carbocycles. The van der Waals surface area contributed by atoms with E-state index in [9.17, 15) is 4.79 Å². The summed E-state index contributed by atoms with van der Waals surface area (Å²) in [5.41, 5.74) is 1.55. The van der Waals surface area contributed by atoms with Gasteiger partial charge in [-0.25, -0.2) is 4.98 Å². The zero-order valence-electron chi connectivity index (χ0n) is 10.8. The van der Waals surface area contributed by atoms with Gasteiger partial charge in [0.1, 0.15) is 0 Å². The Balaban J connectivity index is 1.98. The number of hydrogen-bond donors (Lipinski definition) is 1. The monoisotopic (exact) mass is 304 g/mol. The molecule has 0 radical (unpaired) electrons. The number of rotatable bonds is 4. The average Bonchev–Trinajstić information content (AvgIpc) is 2.46. The molecule has 1 amide bonds. The Kier molecular flexibility index (Phi) is 5.21. The highest BCUT2D eigenvalue weighted by Crippen LogP contribution is 2.14. The third-order valence-electron chi connectivity index (χ3n) is 2.49. The van der Waals surface area contributed by atoms with Crippen LogP contribution >= 0.6 is 23.4 Å². The van der Waals surface area contributed by atoms with E-state index in [2.05, 4.69) is 10.3 Å². The second kappa shape index (κ2) is 7.12. The van der Waals surface area contributed by atoms with E-state index >= 15 is 0 Å². The van der Waals surface area contributed by atoms with Crippen LogP contribution in [0.3, 0.4) is 0 Å². The van der Waals surface area contributed by atoms with Gasteiger partial charge in [-0.15, -0.1) is 11.8 Å². The Labute approximate surface area is 127 Å². The molecule has 0 aliphatic carbocycles. The van der Waals surface area contributed by atoms with Crippen LogP contribution in [0, 0.1) is 0 Å². The molecule has 2 rings (SSSR count). The SMILES string of the molecule is CSc1ccc(NC(=O)/C=C/c2cccc(Cl)c2)cn1. The van der Waals surface area contributed by atoms with Crippen LogP contribution in [0.1, 0.15) is 5.56 Å². The van der Waals surface area contributed by atoms with Crippen LogP contribution in [0.4, 0.5) is 5.69 Å². The smallest absolute Gasteiger partial charge is 0.248 e. The summed E-state index contributed by atoms with van der Waals surface area (Å²) in [5.74, 6) is -0.205. The number of nitrogens with one attached hydrogen (secondary N) is 1. The Morgan fingerprint density at radius 1 is 1.35 bits per heavy atom. The molecular weight excluding hydrogens is 292 g/mol.